The molecule has 2 unspecified atom stereocenters. The fourth-order valence-corrected chi connectivity index (χ4v) is 3.54. The quantitative estimate of drug-likeness (QED) is 0.900. The Morgan fingerprint density at radius 2 is 2.10 bits per heavy atom. The van der Waals surface area contributed by atoms with Crippen molar-refractivity contribution in [3.05, 3.63) is 34.9 Å². The molecule has 0 bridgehead atoms. The number of benzene rings is 1. The zero-order chi connectivity index (χ0) is 15.0. The molecule has 1 amide bonds. The molecule has 21 heavy (non-hydrogen) atoms. The Balaban J connectivity index is 1.86. The van der Waals surface area contributed by atoms with E-state index in [2.05, 4.69) is 49.2 Å². The molecule has 1 aromatic rings. The summed E-state index contributed by atoms with van der Waals surface area (Å²) in [7, 11) is 0. The second kappa shape index (κ2) is 5.80. The van der Waals surface area contributed by atoms with Gasteiger partial charge in [0.15, 0.2) is 0 Å². The van der Waals surface area contributed by atoms with Crippen LogP contribution in [0.15, 0.2) is 18.2 Å². The van der Waals surface area contributed by atoms with Gasteiger partial charge < -0.3 is 4.90 Å². The normalized spacial score (nSPS) is 23.7. The van der Waals surface area contributed by atoms with Gasteiger partial charge in [-0.2, -0.15) is 0 Å². The van der Waals surface area contributed by atoms with Crippen molar-refractivity contribution < 1.29 is 4.79 Å². The maximum atomic E-state index is 12.4. The first kappa shape index (κ1) is 14.6. The van der Waals surface area contributed by atoms with E-state index in [1.54, 1.807) is 0 Å². The fraction of sp³-hybridized carbons (Fsp3) is 0.611. The minimum Gasteiger partial charge on any atom is -0.319 e. The Kier molecular flexibility index (Phi) is 4.03. The zero-order valence-electron chi connectivity index (χ0n) is 13.4. The van der Waals surface area contributed by atoms with Gasteiger partial charge in [-0.25, -0.2) is 0 Å². The highest BCUT2D eigenvalue weighted by molar-refractivity contribution is 5.81. The van der Waals surface area contributed by atoms with E-state index in [1.807, 2.05) is 0 Å². The third-order valence-electron chi connectivity index (χ3n) is 4.90. The first-order valence-electron chi connectivity index (χ1n) is 8.21. The molecule has 3 rings (SSSR count). The van der Waals surface area contributed by atoms with Crippen molar-refractivity contribution >= 4 is 5.91 Å². The second-order valence-electron chi connectivity index (χ2n) is 6.69. The summed E-state index contributed by atoms with van der Waals surface area (Å²) in [6.45, 7) is 6.94. The van der Waals surface area contributed by atoms with E-state index in [9.17, 15) is 4.79 Å². The SMILES string of the molecule is CCC(CC1CC1)N1C(=O)CNC1c1ccc(C)cc1C. The molecule has 3 heteroatoms. The Bertz CT molecular complexity index is 536. The average molecular weight is 286 g/mol. The molecule has 114 valence electrons. The minimum atomic E-state index is 0.0572. The molecule has 1 heterocycles. The molecule has 1 saturated carbocycles. The molecule has 2 aliphatic rings. The minimum absolute atomic E-state index is 0.0572. The van der Waals surface area contributed by atoms with Gasteiger partial charge >= 0.3 is 0 Å². The van der Waals surface area contributed by atoms with E-state index in [0.29, 0.717) is 12.6 Å². The molecule has 2 atom stereocenters. The van der Waals surface area contributed by atoms with Crippen LogP contribution < -0.4 is 5.32 Å². The molecular weight excluding hydrogens is 260 g/mol. The van der Waals surface area contributed by atoms with Crippen molar-refractivity contribution in [1.82, 2.24) is 10.2 Å². The molecule has 1 N–H and O–H groups in total. The predicted molar refractivity (Wildman–Crippen MR) is 84.9 cm³/mol. The lowest BCUT2D eigenvalue weighted by molar-refractivity contribution is -0.130. The number of hydrogen-bond acceptors (Lipinski definition) is 2. The first-order chi connectivity index (χ1) is 10.1. The van der Waals surface area contributed by atoms with Gasteiger partial charge in [0.1, 0.15) is 6.17 Å². The average Bonchev–Trinajstić information content (AvgIpc) is 3.19. The number of aryl methyl sites for hydroxylation is 2. The highest BCUT2D eigenvalue weighted by atomic mass is 16.2. The molecule has 1 aliphatic heterocycles. The van der Waals surface area contributed by atoms with Crippen molar-refractivity contribution in [1.29, 1.82) is 0 Å². The lowest BCUT2D eigenvalue weighted by atomic mass is 10.00. The van der Waals surface area contributed by atoms with Crippen LogP contribution in [0.1, 0.15) is 55.5 Å². The highest BCUT2D eigenvalue weighted by Crippen LogP contribution is 2.38. The monoisotopic (exact) mass is 286 g/mol. The van der Waals surface area contributed by atoms with E-state index in [-0.39, 0.29) is 12.1 Å². The topological polar surface area (TPSA) is 32.3 Å². The third-order valence-corrected chi connectivity index (χ3v) is 4.90. The van der Waals surface area contributed by atoms with Gasteiger partial charge in [0.2, 0.25) is 5.91 Å². The van der Waals surface area contributed by atoms with Crippen LogP contribution in [0.25, 0.3) is 0 Å². The van der Waals surface area contributed by atoms with Crippen molar-refractivity contribution in [2.45, 2.75) is 58.7 Å². The predicted octanol–water partition coefficient (Wildman–Crippen LogP) is 3.31. The summed E-state index contributed by atoms with van der Waals surface area (Å²) in [4.78, 5) is 14.5. The highest BCUT2D eigenvalue weighted by Gasteiger charge is 2.38. The van der Waals surface area contributed by atoms with Crippen molar-refractivity contribution in [2.24, 2.45) is 5.92 Å². The smallest absolute Gasteiger partial charge is 0.238 e. The van der Waals surface area contributed by atoms with Crippen LogP contribution in [0.2, 0.25) is 0 Å². The number of carbonyl (C=O) groups is 1. The number of amides is 1. The largest absolute Gasteiger partial charge is 0.319 e. The van der Waals surface area contributed by atoms with Crippen LogP contribution in [0.5, 0.6) is 0 Å². The van der Waals surface area contributed by atoms with Gasteiger partial charge in [-0.15, -0.1) is 0 Å². The summed E-state index contributed by atoms with van der Waals surface area (Å²) in [5.41, 5.74) is 3.80. The van der Waals surface area contributed by atoms with Crippen LogP contribution in [0, 0.1) is 19.8 Å². The Morgan fingerprint density at radius 1 is 1.33 bits per heavy atom. The van der Waals surface area contributed by atoms with Gasteiger partial charge in [0, 0.05) is 6.04 Å². The van der Waals surface area contributed by atoms with Crippen LogP contribution in [0.4, 0.5) is 0 Å². The first-order valence-corrected chi connectivity index (χ1v) is 8.21. The number of hydrogen-bond donors (Lipinski definition) is 1. The Morgan fingerprint density at radius 3 is 2.71 bits per heavy atom. The molecule has 0 spiro atoms. The van der Waals surface area contributed by atoms with E-state index in [0.717, 1.165) is 12.3 Å². The maximum Gasteiger partial charge on any atom is 0.238 e. The molecule has 0 radical (unpaired) electrons. The van der Waals surface area contributed by atoms with E-state index < -0.39 is 0 Å². The summed E-state index contributed by atoms with van der Waals surface area (Å²) in [5, 5.41) is 3.42. The van der Waals surface area contributed by atoms with Crippen LogP contribution in [-0.2, 0) is 4.79 Å². The van der Waals surface area contributed by atoms with Gasteiger partial charge in [-0.1, -0.05) is 43.5 Å². The zero-order valence-corrected chi connectivity index (χ0v) is 13.4. The summed E-state index contributed by atoms with van der Waals surface area (Å²) in [6, 6.07) is 6.91. The lowest BCUT2D eigenvalue weighted by Crippen LogP contribution is -2.40. The lowest BCUT2D eigenvalue weighted by Gasteiger charge is -2.33. The van der Waals surface area contributed by atoms with Crippen LogP contribution >= 0.6 is 0 Å². The second-order valence-corrected chi connectivity index (χ2v) is 6.69. The molecule has 2 fully saturated rings. The van der Waals surface area contributed by atoms with Gasteiger partial charge in [0.25, 0.3) is 0 Å². The summed E-state index contributed by atoms with van der Waals surface area (Å²) < 4.78 is 0. The van der Waals surface area contributed by atoms with E-state index >= 15 is 0 Å². The van der Waals surface area contributed by atoms with Gasteiger partial charge in [-0.05, 0) is 43.7 Å². The fourth-order valence-electron chi connectivity index (χ4n) is 3.54. The van der Waals surface area contributed by atoms with Crippen LogP contribution in [-0.4, -0.2) is 23.4 Å². The molecular formula is C18H26N2O. The van der Waals surface area contributed by atoms with E-state index in [4.69, 9.17) is 0 Å². The van der Waals surface area contributed by atoms with Crippen LogP contribution in [0.3, 0.4) is 0 Å². The van der Waals surface area contributed by atoms with Crippen molar-refractivity contribution in [3.8, 4) is 0 Å². The summed E-state index contributed by atoms with van der Waals surface area (Å²) >= 11 is 0. The van der Waals surface area contributed by atoms with Gasteiger partial charge in [-0.3, -0.25) is 10.1 Å². The number of nitrogens with zero attached hydrogens (tertiary/aromatic N) is 1. The third kappa shape index (κ3) is 2.98. The summed E-state index contributed by atoms with van der Waals surface area (Å²) in [5.74, 6) is 1.11. The Hall–Kier alpha value is -1.35. The molecule has 1 aliphatic carbocycles. The number of nitrogens with one attached hydrogen (secondary N) is 1. The standard InChI is InChI=1S/C18H26N2O/c1-4-15(10-14-6-7-14)20-17(21)11-19-18(20)16-8-5-12(2)9-13(16)3/h5,8-9,14-15,18-19H,4,6-7,10-11H2,1-3H3. The number of rotatable bonds is 5. The number of carbonyl (C=O) groups excluding carboxylic acids is 1. The maximum absolute atomic E-state index is 12.4. The molecule has 0 aromatic heterocycles. The van der Waals surface area contributed by atoms with E-state index in [1.165, 1.54) is 36.0 Å². The summed E-state index contributed by atoms with van der Waals surface area (Å²) in [6.07, 6.45) is 4.97. The van der Waals surface area contributed by atoms with Crippen molar-refractivity contribution in [3.63, 3.8) is 0 Å². The van der Waals surface area contributed by atoms with Crippen molar-refractivity contribution in [2.75, 3.05) is 6.54 Å². The molecule has 3 nitrogen and oxygen atoms in total. The van der Waals surface area contributed by atoms with Gasteiger partial charge in [0.05, 0.1) is 6.54 Å². The molecule has 1 saturated heterocycles. The molecule has 1 aromatic carbocycles. The Labute approximate surface area is 127 Å².